The van der Waals surface area contributed by atoms with E-state index in [2.05, 4.69) is 31.3 Å². The second kappa shape index (κ2) is 48.8. The van der Waals surface area contributed by atoms with Gasteiger partial charge in [-0.15, -0.1) is 0 Å². The number of carbonyl (C=O) groups is 1. The lowest BCUT2D eigenvalue weighted by atomic mass is 9.98. The lowest BCUT2D eigenvalue weighted by Gasteiger charge is -2.40. The van der Waals surface area contributed by atoms with Crippen LogP contribution in [0.5, 0.6) is 0 Å². The smallest absolute Gasteiger partial charge is 0.249 e. The Kier molecular flexibility index (Phi) is 46.6. The van der Waals surface area contributed by atoms with E-state index in [1.54, 1.807) is 0 Å². The van der Waals surface area contributed by atoms with Crippen LogP contribution in [0.2, 0.25) is 0 Å². The number of unbranched alkanes of at least 4 members (excludes halogenated alkanes) is 38. The number of nitrogens with one attached hydrogen (secondary N) is 1. The summed E-state index contributed by atoms with van der Waals surface area (Å²) in [5.41, 5.74) is 0. The van der Waals surface area contributed by atoms with Gasteiger partial charge in [0.1, 0.15) is 36.6 Å². The largest absolute Gasteiger partial charge is 0.394 e. The molecule has 0 aromatic heterocycles. The standard InChI is InChI=1S/C59H115NO10/c1-3-5-7-9-11-12-13-14-15-16-17-18-19-20-21-22-23-24-25-26-27-28-29-30-31-32-33-34-35-36-37-38-39-41-43-45-47-52(63)58(68)60-50(54(64)51(62)46-44-42-40-10-8-6-4-2)49-69-59-57(67)56(66)55(65)53(48-61)70-59/h10,40,50-57,59,61-67H,3-9,11-39,41-49H2,1-2H3,(H,60,68)/b40-10+. The second-order valence-electron chi connectivity index (χ2n) is 21.4. The van der Waals surface area contributed by atoms with Crippen LogP contribution in [0.4, 0.5) is 0 Å². The lowest BCUT2D eigenvalue weighted by Crippen LogP contribution is -2.60. The van der Waals surface area contributed by atoms with Crippen LogP contribution in [0.15, 0.2) is 12.2 Å². The van der Waals surface area contributed by atoms with Gasteiger partial charge in [0.15, 0.2) is 6.29 Å². The van der Waals surface area contributed by atoms with Crippen molar-refractivity contribution in [1.29, 1.82) is 0 Å². The molecule has 0 saturated carbocycles. The van der Waals surface area contributed by atoms with Crippen LogP contribution in [0, 0.1) is 0 Å². The number of carbonyl (C=O) groups excluding carboxylic acids is 1. The minimum absolute atomic E-state index is 0.258. The Morgan fingerprint density at radius 1 is 0.486 bits per heavy atom. The van der Waals surface area contributed by atoms with Gasteiger partial charge in [-0.1, -0.05) is 270 Å². The first-order valence-electron chi connectivity index (χ1n) is 30.1. The third-order valence-electron chi connectivity index (χ3n) is 14.8. The zero-order valence-electron chi connectivity index (χ0n) is 45.5. The van der Waals surface area contributed by atoms with Gasteiger partial charge in [0.25, 0.3) is 0 Å². The van der Waals surface area contributed by atoms with E-state index >= 15 is 0 Å². The van der Waals surface area contributed by atoms with Crippen LogP contribution < -0.4 is 5.32 Å². The highest BCUT2D eigenvalue weighted by Crippen LogP contribution is 2.24. The molecule has 0 bridgehead atoms. The summed E-state index contributed by atoms with van der Waals surface area (Å²) in [6, 6.07) is -1.18. The molecule has 9 atom stereocenters. The fourth-order valence-corrected chi connectivity index (χ4v) is 9.90. The van der Waals surface area contributed by atoms with E-state index in [0.29, 0.717) is 12.8 Å². The summed E-state index contributed by atoms with van der Waals surface area (Å²) < 4.78 is 11.1. The number of amides is 1. The Morgan fingerprint density at radius 3 is 1.21 bits per heavy atom. The summed E-state index contributed by atoms with van der Waals surface area (Å²) in [5.74, 6) is -0.705. The molecule has 1 aliphatic rings. The monoisotopic (exact) mass is 998 g/mol. The van der Waals surface area contributed by atoms with Gasteiger partial charge in [0, 0.05) is 0 Å². The van der Waals surface area contributed by atoms with E-state index in [0.717, 1.165) is 44.9 Å². The lowest BCUT2D eigenvalue weighted by molar-refractivity contribution is -0.303. The fourth-order valence-electron chi connectivity index (χ4n) is 9.90. The molecule has 1 heterocycles. The van der Waals surface area contributed by atoms with Gasteiger partial charge in [-0.05, 0) is 32.1 Å². The number of aliphatic hydroxyl groups is 7. The zero-order valence-corrected chi connectivity index (χ0v) is 45.5. The van der Waals surface area contributed by atoms with Crippen LogP contribution in [-0.4, -0.2) is 110 Å². The number of ether oxygens (including phenoxy) is 2. The summed E-state index contributed by atoms with van der Waals surface area (Å²) in [4.78, 5) is 13.1. The second-order valence-corrected chi connectivity index (χ2v) is 21.4. The van der Waals surface area contributed by atoms with Gasteiger partial charge in [-0.2, -0.15) is 0 Å². The SMILES string of the molecule is CCCC/C=C/CCCC(O)C(O)C(COC1OC(CO)C(O)C(O)C1O)NC(=O)C(O)CCCCCCCCCCCCCCCCCCCCCCCCCCCCCCCCCCCCCC. The quantitative estimate of drug-likeness (QED) is 0.0215. The van der Waals surface area contributed by atoms with Gasteiger partial charge in [-0.3, -0.25) is 4.79 Å². The van der Waals surface area contributed by atoms with Crippen molar-refractivity contribution in [1.82, 2.24) is 5.32 Å². The first-order valence-corrected chi connectivity index (χ1v) is 30.1. The van der Waals surface area contributed by atoms with Crippen molar-refractivity contribution in [2.45, 2.75) is 345 Å². The zero-order chi connectivity index (χ0) is 51.1. The van der Waals surface area contributed by atoms with Crippen molar-refractivity contribution in [2.75, 3.05) is 13.2 Å². The number of hydrogen-bond acceptors (Lipinski definition) is 10. The van der Waals surface area contributed by atoms with Crippen molar-refractivity contribution >= 4 is 5.91 Å². The Hall–Kier alpha value is -1.15. The summed E-state index contributed by atoms with van der Waals surface area (Å²) in [6.07, 6.45) is 46.5. The van der Waals surface area contributed by atoms with E-state index in [1.165, 1.54) is 205 Å². The molecule has 0 aliphatic carbocycles. The Bertz CT molecular complexity index is 1140. The fraction of sp³-hybridized carbons (Fsp3) is 0.949. The summed E-state index contributed by atoms with van der Waals surface area (Å²) in [6.45, 7) is 3.36. The van der Waals surface area contributed by atoms with Crippen LogP contribution in [0.25, 0.3) is 0 Å². The molecule has 1 amide bonds. The van der Waals surface area contributed by atoms with Crippen molar-refractivity contribution in [3.8, 4) is 0 Å². The molecule has 8 N–H and O–H groups in total. The van der Waals surface area contributed by atoms with E-state index < -0.39 is 74.2 Å². The van der Waals surface area contributed by atoms with Crippen LogP contribution in [0.1, 0.15) is 290 Å². The molecule has 1 fully saturated rings. The van der Waals surface area contributed by atoms with Crippen molar-refractivity contribution < 1.29 is 50.0 Å². The first kappa shape index (κ1) is 66.9. The molecular weight excluding hydrogens is 883 g/mol. The van der Waals surface area contributed by atoms with Crippen LogP contribution >= 0.6 is 0 Å². The highest BCUT2D eigenvalue weighted by atomic mass is 16.7. The highest BCUT2D eigenvalue weighted by Gasteiger charge is 2.44. The van der Waals surface area contributed by atoms with Gasteiger partial charge in [-0.25, -0.2) is 0 Å². The van der Waals surface area contributed by atoms with Gasteiger partial charge >= 0.3 is 0 Å². The molecule has 0 spiro atoms. The van der Waals surface area contributed by atoms with Crippen LogP contribution in [0.3, 0.4) is 0 Å². The highest BCUT2D eigenvalue weighted by molar-refractivity contribution is 5.80. The molecule has 0 radical (unpaired) electrons. The van der Waals surface area contributed by atoms with E-state index in [9.17, 15) is 40.5 Å². The average Bonchev–Trinajstić information content (AvgIpc) is 3.36. The molecule has 1 rings (SSSR count). The summed E-state index contributed by atoms with van der Waals surface area (Å²) in [5, 5.41) is 75.5. The van der Waals surface area contributed by atoms with E-state index in [-0.39, 0.29) is 12.8 Å². The molecular formula is C59H115NO10. The van der Waals surface area contributed by atoms with Crippen molar-refractivity contribution in [2.24, 2.45) is 0 Å². The normalized spacial score (nSPS) is 20.3. The molecule has 11 nitrogen and oxygen atoms in total. The summed E-state index contributed by atoms with van der Waals surface area (Å²) in [7, 11) is 0. The maximum atomic E-state index is 13.1. The number of rotatable bonds is 52. The summed E-state index contributed by atoms with van der Waals surface area (Å²) >= 11 is 0. The number of allylic oxidation sites excluding steroid dienone is 2. The number of hydrogen-bond donors (Lipinski definition) is 8. The van der Waals surface area contributed by atoms with Gasteiger partial charge in [0.2, 0.25) is 5.91 Å². The number of aliphatic hydroxyl groups excluding tert-OH is 7. The topological polar surface area (TPSA) is 189 Å². The minimum Gasteiger partial charge on any atom is -0.394 e. The Labute approximate surface area is 430 Å². The molecule has 1 aliphatic heterocycles. The molecule has 9 unspecified atom stereocenters. The molecule has 70 heavy (non-hydrogen) atoms. The molecule has 0 aromatic carbocycles. The molecule has 1 saturated heterocycles. The van der Waals surface area contributed by atoms with E-state index in [4.69, 9.17) is 9.47 Å². The predicted molar refractivity (Wildman–Crippen MR) is 289 cm³/mol. The van der Waals surface area contributed by atoms with Gasteiger partial charge in [0.05, 0.1) is 25.4 Å². The molecule has 11 heteroatoms. The van der Waals surface area contributed by atoms with Crippen LogP contribution in [-0.2, 0) is 14.3 Å². The maximum Gasteiger partial charge on any atom is 0.249 e. The minimum atomic E-state index is -1.66. The van der Waals surface area contributed by atoms with Crippen molar-refractivity contribution in [3.63, 3.8) is 0 Å². The maximum absolute atomic E-state index is 13.1. The third-order valence-corrected chi connectivity index (χ3v) is 14.8. The Morgan fingerprint density at radius 2 is 0.843 bits per heavy atom. The molecule has 0 aromatic rings. The van der Waals surface area contributed by atoms with Gasteiger partial charge < -0.3 is 50.5 Å². The Balaban J connectivity index is 2.04. The predicted octanol–water partition coefficient (Wildman–Crippen LogP) is 12.7. The van der Waals surface area contributed by atoms with E-state index in [1.807, 2.05) is 0 Å². The first-order chi connectivity index (χ1) is 34.2. The molecule has 416 valence electrons. The third kappa shape index (κ3) is 36.7. The van der Waals surface area contributed by atoms with Crippen molar-refractivity contribution in [3.05, 3.63) is 12.2 Å². The average molecular weight is 999 g/mol.